The number of phenols is 1. The fraction of sp³-hybridized carbons (Fsp3) is 0.0526. The predicted molar refractivity (Wildman–Crippen MR) is 97.5 cm³/mol. The minimum Gasteiger partial charge on any atom is -0.507 e. The number of aromatic nitrogens is 2. The molecule has 1 heterocycles. The Labute approximate surface area is 138 Å². The average Bonchev–Trinajstić information content (AvgIpc) is 3.03. The molecule has 5 heteroatoms. The van der Waals surface area contributed by atoms with Gasteiger partial charge in [0.1, 0.15) is 5.75 Å². The zero-order valence-electron chi connectivity index (χ0n) is 13.1. The second-order valence-corrected chi connectivity index (χ2v) is 5.59. The monoisotopic (exact) mass is 316 g/mol. The Hall–Kier alpha value is -3.34. The van der Waals surface area contributed by atoms with Crippen LogP contribution in [0.4, 0.5) is 5.95 Å². The first kappa shape index (κ1) is 14.3. The highest BCUT2D eigenvalue weighted by atomic mass is 16.3. The smallest absolute Gasteiger partial charge is 0.222 e. The first-order chi connectivity index (χ1) is 11.7. The van der Waals surface area contributed by atoms with Crippen LogP contribution >= 0.6 is 0 Å². The molecule has 0 saturated carbocycles. The number of imidazole rings is 1. The van der Waals surface area contributed by atoms with E-state index in [1.54, 1.807) is 0 Å². The van der Waals surface area contributed by atoms with Crippen LogP contribution in [0.1, 0.15) is 12.5 Å². The highest BCUT2D eigenvalue weighted by molar-refractivity contribution is 6.06. The molecule has 3 aromatic carbocycles. The van der Waals surface area contributed by atoms with Crippen molar-refractivity contribution in [2.45, 2.75) is 6.92 Å². The summed E-state index contributed by atoms with van der Waals surface area (Å²) in [5.74, 6) is 0.802. The van der Waals surface area contributed by atoms with Crippen molar-refractivity contribution in [1.82, 2.24) is 9.97 Å². The van der Waals surface area contributed by atoms with Crippen LogP contribution in [0.2, 0.25) is 0 Å². The highest BCUT2D eigenvalue weighted by Crippen LogP contribution is 2.29. The maximum atomic E-state index is 10.5. The quantitative estimate of drug-likeness (QED) is 0.390. The number of rotatable bonds is 3. The Kier molecular flexibility index (Phi) is 3.39. The lowest BCUT2D eigenvalue weighted by atomic mass is 10.0. The number of benzene rings is 3. The summed E-state index contributed by atoms with van der Waals surface area (Å²) in [6, 6.07) is 19.4. The van der Waals surface area contributed by atoms with E-state index in [2.05, 4.69) is 20.5 Å². The maximum Gasteiger partial charge on any atom is 0.222 e. The molecule has 0 amide bonds. The Balaban J connectivity index is 1.66. The maximum absolute atomic E-state index is 10.5. The van der Waals surface area contributed by atoms with Crippen LogP contribution in [0, 0.1) is 0 Å². The molecule has 0 bridgehead atoms. The molecule has 5 nitrogen and oxygen atoms in total. The summed E-state index contributed by atoms with van der Waals surface area (Å²) < 4.78 is 0. The number of anilines is 1. The number of hydrogen-bond donors (Lipinski definition) is 3. The van der Waals surface area contributed by atoms with Crippen molar-refractivity contribution >= 4 is 33.5 Å². The van der Waals surface area contributed by atoms with Gasteiger partial charge in [-0.05, 0) is 30.5 Å². The van der Waals surface area contributed by atoms with Crippen LogP contribution in [0.25, 0.3) is 21.8 Å². The lowest BCUT2D eigenvalue weighted by Crippen LogP contribution is -2.01. The molecule has 3 N–H and O–H groups in total. The summed E-state index contributed by atoms with van der Waals surface area (Å²) >= 11 is 0. The van der Waals surface area contributed by atoms with Gasteiger partial charge >= 0.3 is 0 Å². The zero-order valence-corrected chi connectivity index (χ0v) is 13.1. The van der Waals surface area contributed by atoms with Crippen LogP contribution < -0.4 is 5.43 Å². The molecule has 24 heavy (non-hydrogen) atoms. The van der Waals surface area contributed by atoms with E-state index < -0.39 is 0 Å². The van der Waals surface area contributed by atoms with E-state index >= 15 is 0 Å². The minimum absolute atomic E-state index is 0.237. The van der Waals surface area contributed by atoms with Crippen molar-refractivity contribution < 1.29 is 5.11 Å². The number of nitrogens with zero attached hydrogens (tertiary/aromatic N) is 2. The fourth-order valence-corrected chi connectivity index (χ4v) is 2.75. The van der Waals surface area contributed by atoms with Crippen molar-refractivity contribution in [2.24, 2.45) is 5.10 Å². The Morgan fingerprint density at radius 2 is 1.83 bits per heavy atom. The van der Waals surface area contributed by atoms with Crippen molar-refractivity contribution in [3.8, 4) is 5.75 Å². The molecule has 0 unspecified atom stereocenters. The molecule has 0 saturated heterocycles. The topological polar surface area (TPSA) is 73.3 Å². The average molecular weight is 316 g/mol. The van der Waals surface area contributed by atoms with Crippen LogP contribution in [-0.2, 0) is 0 Å². The van der Waals surface area contributed by atoms with Crippen LogP contribution in [-0.4, -0.2) is 20.8 Å². The van der Waals surface area contributed by atoms with E-state index in [4.69, 9.17) is 0 Å². The van der Waals surface area contributed by atoms with Gasteiger partial charge in [-0.3, -0.25) is 0 Å². The van der Waals surface area contributed by atoms with Crippen molar-refractivity contribution in [3.63, 3.8) is 0 Å². The van der Waals surface area contributed by atoms with Gasteiger partial charge in [-0.15, -0.1) is 0 Å². The molecular formula is C19H16N4O. The van der Waals surface area contributed by atoms with Gasteiger partial charge in [-0.1, -0.05) is 42.5 Å². The summed E-state index contributed by atoms with van der Waals surface area (Å²) in [5.41, 5.74) is 6.11. The summed E-state index contributed by atoms with van der Waals surface area (Å²) in [7, 11) is 0. The zero-order chi connectivity index (χ0) is 16.5. The molecular weight excluding hydrogens is 300 g/mol. The molecule has 0 fully saturated rings. The van der Waals surface area contributed by atoms with Gasteiger partial charge in [0.05, 0.1) is 16.7 Å². The van der Waals surface area contributed by atoms with E-state index in [0.717, 1.165) is 21.8 Å². The van der Waals surface area contributed by atoms with Gasteiger partial charge in [-0.2, -0.15) is 5.10 Å². The van der Waals surface area contributed by atoms with E-state index in [0.29, 0.717) is 17.2 Å². The molecule has 4 rings (SSSR count). The molecule has 0 aliphatic rings. The molecule has 1 aromatic heterocycles. The number of hydrazone groups is 1. The number of H-pyrrole nitrogens is 1. The minimum atomic E-state index is 0.237. The largest absolute Gasteiger partial charge is 0.507 e. The Morgan fingerprint density at radius 1 is 1.04 bits per heavy atom. The first-order valence-corrected chi connectivity index (χ1v) is 7.68. The number of aromatic hydroxyl groups is 1. The van der Waals surface area contributed by atoms with Gasteiger partial charge in [-0.25, -0.2) is 10.4 Å². The molecule has 118 valence electrons. The Bertz CT molecular complexity index is 1030. The molecule has 0 aliphatic carbocycles. The first-order valence-electron chi connectivity index (χ1n) is 7.68. The molecule has 0 atom stereocenters. The number of hydrogen-bond acceptors (Lipinski definition) is 4. The second kappa shape index (κ2) is 5.70. The Morgan fingerprint density at radius 3 is 2.71 bits per heavy atom. The number of aromatic amines is 1. The van der Waals surface area contributed by atoms with Gasteiger partial charge in [0.15, 0.2) is 0 Å². The predicted octanol–water partition coefficient (Wildman–Crippen LogP) is 4.26. The third kappa shape index (κ3) is 2.46. The van der Waals surface area contributed by atoms with Gasteiger partial charge in [0.2, 0.25) is 5.95 Å². The number of fused-ring (bicyclic) bond motifs is 2. The van der Waals surface area contributed by atoms with Crippen LogP contribution in [0.3, 0.4) is 0 Å². The SMILES string of the molecule is C/C(=N\Nc1nc2ccccc2[nH]1)c1ccc2ccccc2c1O. The number of nitrogens with one attached hydrogen (secondary N) is 2. The summed E-state index contributed by atoms with van der Waals surface area (Å²) in [5, 5.41) is 16.7. The van der Waals surface area contributed by atoms with E-state index in [1.165, 1.54) is 0 Å². The molecule has 0 radical (unpaired) electrons. The van der Waals surface area contributed by atoms with Gasteiger partial charge in [0.25, 0.3) is 0 Å². The summed E-state index contributed by atoms with van der Waals surface area (Å²) in [6.45, 7) is 1.85. The number of para-hydroxylation sites is 2. The summed E-state index contributed by atoms with van der Waals surface area (Å²) in [6.07, 6.45) is 0. The second-order valence-electron chi connectivity index (χ2n) is 5.59. The lowest BCUT2D eigenvalue weighted by Gasteiger charge is -2.07. The van der Waals surface area contributed by atoms with Crippen LogP contribution in [0.15, 0.2) is 65.8 Å². The van der Waals surface area contributed by atoms with E-state index in [1.807, 2.05) is 67.6 Å². The molecule has 4 aromatic rings. The third-order valence-electron chi connectivity index (χ3n) is 4.01. The standard InChI is InChI=1S/C19H16N4O/c1-12(14-11-10-13-6-2-3-7-15(13)18(14)24)22-23-19-20-16-8-4-5-9-17(16)21-19/h2-11,24H,1H3,(H2,20,21,23)/b22-12+. The van der Waals surface area contributed by atoms with E-state index in [9.17, 15) is 5.11 Å². The van der Waals surface area contributed by atoms with Gasteiger partial charge < -0.3 is 10.1 Å². The number of phenolic OH excluding ortho intramolecular Hbond substituents is 1. The molecule has 0 aliphatic heterocycles. The third-order valence-corrected chi connectivity index (χ3v) is 4.01. The van der Waals surface area contributed by atoms with Crippen molar-refractivity contribution in [3.05, 3.63) is 66.2 Å². The van der Waals surface area contributed by atoms with Gasteiger partial charge in [0, 0.05) is 10.9 Å². The lowest BCUT2D eigenvalue weighted by molar-refractivity contribution is 0.480. The normalized spacial score (nSPS) is 12.0. The van der Waals surface area contributed by atoms with Crippen molar-refractivity contribution in [1.29, 1.82) is 0 Å². The van der Waals surface area contributed by atoms with E-state index in [-0.39, 0.29) is 5.75 Å². The summed E-state index contributed by atoms with van der Waals surface area (Å²) in [4.78, 5) is 7.57. The molecule has 0 spiro atoms. The van der Waals surface area contributed by atoms with Crippen LogP contribution in [0.5, 0.6) is 5.75 Å². The highest BCUT2D eigenvalue weighted by Gasteiger charge is 2.09. The van der Waals surface area contributed by atoms with Crippen molar-refractivity contribution in [2.75, 3.05) is 5.43 Å². The fourth-order valence-electron chi connectivity index (χ4n) is 2.75.